The fraction of sp³-hybridized carbons (Fsp3) is 0.778. The summed E-state index contributed by atoms with van der Waals surface area (Å²) >= 11 is 1.36. The van der Waals surface area contributed by atoms with Gasteiger partial charge in [0, 0.05) is 5.75 Å². The maximum atomic E-state index is 11.1. The lowest BCUT2D eigenvalue weighted by atomic mass is 10.3. The van der Waals surface area contributed by atoms with Gasteiger partial charge in [-0.15, -0.1) is 0 Å². The van der Waals surface area contributed by atoms with E-state index in [1.165, 1.54) is 11.8 Å². The van der Waals surface area contributed by atoms with Crippen LogP contribution in [0.2, 0.25) is 0 Å². The second-order valence-electron chi connectivity index (χ2n) is 2.98. The standard InChI is InChI=1S/C9H17NO4S/c1-3-4-5-14-9(13)10-7(6-15-2)8(11)12/h7H,3-6H2,1-2H3,(H,10,13)(H,11,12). The molecular weight excluding hydrogens is 218 g/mol. The summed E-state index contributed by atoms with van der Waals surface area (Å²) in [5.74, 6) is -0.713. The molecular formula is C9H17NO4S. The van der Waals surface area contributed by atoms with Crippen LogP contribution in [0, 0.1) is 0 Å². The molecule has 1 unspecified atom stereocenters. The summed E-state index contributed by atoms with van der Waals surface area (Å²) in [5.41, 5.74) is 0. The largest absolute Gasteiger partial charge is 0.480 e. The number of aliphatic carboxylic acids is 1. The van der Waals surface area contributed by atoms with Crippen molar-refractivity contribution in [3.8, 4) is 0 Å². The number of carbonyl (C=O) groups is 2. The number of carboxylic acid groups (broad SMARTS) is 1. The van der Waals surface area contributed by atoms with Crippen molar-refractivity contribution in [1.82, 2.24) is 5.32 Å². The van der Waals surface area contributed by atoms with Gasteiger partial charge in [-0.05, 0) is 12.7 Å². The van der Waals surface area contributed by atoms with E-state index in [0.717, 1.165) is 12.8 Å². The molecule has 1 amide bonds. The minimum absolute atomic E-state index is 0.327. The Bertz CT molecular complexity index is 210. The van der Waals surface area contributed by atoms with Crippen LogP contribution >= 0.6 is 11.8 Å². The number of amides is 1. The van der Waals surface area contributed by atoms with Gasteiger partial charge in [0.2, 0.25) is 0 Å². The molecule has 0 aliphatic rings. The SMILES string of the molecule is CCCCOC(=O)NC(CSC)C(=O)O. The van der Waals surface area contributed by atoms with Crippen molar-refractivity contribution >= 4 is 23.8 Å². The molecule has 0 spiro atoms. The van der Waals surface area contributed by atoms with Crippen molar-refractivity contribution in [1.29, 1.82) is 0 Å². The van der Waals surface area contributed by atoms with Crippen molar-refractivity contribution in [3.63, 3.8) is 0 Å². The van der Waals surface area contributed by atoms with Gasteiger partial charge >= 0.3 is 12.1 Å². The summed E-state index contributed by atoms with van der Waals surface area (Å²) in [5, 5.41) is 11.0. The first-order valence-electron chi connectivity index (χ1n) is 4.76. The van der Waals surface area contributed by atoms with Gasteiger partial charge < -0.3 is 15.2 Å². The normalized spacial score (nSPS) is 11.9. The summed E-state index contributed by atoms with van der Waals surface area (Å²) in [6.07, 6.45) is 2.83. The van der Waals surface area contributed by atoms with E-state index in [4.69, 9.17) is 9.84 Å². The Balaban J connectivity index is 3.84. The molecule has 0 rings (SSSR count). The Morgan fingerprint density at radius 3 is 2.67 bits per heavy atom. The van der Waals surface area contributed by atoms with Crippen LogP contribution in [0.3, 0.4) is 0 Å². The molecule has 0 saturated heterocycles. The number of unbranched alkanes of at least 4 members (excludes halogenated alkanes) is 1. The Kier molecular flexibility index (Phi) is 7.89. The van der Waals surface area contributed by atoms with Crippen molar-refractivity contribution in [2.45, 2.75) is 25.8 Å². The summed E-state index contributed by atoms with van der Waals surface area (Å²) in [6, 6.07) is -0.880. The lowest BCUT2D eigenvalue weighted by molar-refractivity contribution is -0.138. The van der Waals surface area contributed by atoms with Crippen molar-refractivity contribution < 1.29 is 19.4 Å². The predicted octanol–water partition coefficient (Wildman–Crippen LogP) is 1.33. The van der Waals surface area contributed by atoms with Gasteiger partial charge in [-0.1, -0.05) is 13.3 Å². The molecule has 0 aliphatic heterocycles. The maximum Gasteiger partial charge on any atom is 0.407 e. The third-order valence-electron chi connectivity index (χ3n) is 1.65. The Morgan fingerprint density at radius 1 is 1.53 bits per heavy atom. The Hall–Kier alpha value is -0.910. The van der Waals surface area contributed by atoms with E-state index in [1.807, 2.05) is 6.92 Å². The lowest BCUT2D eigenvalue weighted by Crippen LogP contribution is -2.42. The van der Waals surface area contributed by atoms with Gasteiger partial charge in [0.25, 0.3) is 0 Å². The highest BCUT2D eigenvalue weighted by molar-refractivity contribution is 7.98. The Labute approximate surface area is 93.6 Å². The minimum Gasteiger partial charge on any atom is -0.480 e. The molecule has 0 fully saturated rings. The highest BCUT2D eigenvalue weighted by Crippen LogP contribution is 1.98. The average Bonchev–Trinajstić information content (AvgIpc) is 2.17. The van der Waals surface area contributed by atoms with E-state index in [9.17, 15) is 9.59 Å². The number of nitrogens with one attached hydrogen (secondary N) is 1. The zero-order valence-electron chi connectivity index (χ0n) is 8.99. The second-order valence-corrected chi connectivity index (χ2v) is 3.89. The van der Waals surface area contributed by atoms with Crippen LogP contribution in [0.15, 0.2) is 0 Å². The van der Waals surface area contributed by atoms with Crippen LogP contribution in [0.25, 0.3) is 0 Å². The topological polar surface area (TPSA) is 75.6 Å². The van der Waals surface area contributed by atoms with Crippen LogP contribution in [0.4, 0.5) is 4.79 Å². The average molecular weight is 235 g/mol. The molecule has 0 aromatic carbocycles. The number of ether oxygens (including phenoxy) is 1. The third-order valence-corrected chi connectivity index (χ3v) is 2.32. The van der Waals surface area contributed by atoms with Crippen molar-refractivity contribution in [2.75, 3.05) is 18.6 Å². The fourth-order valence-corrected chi connectivity index (χ4v) is 1.39. The number of carboxylic acids is 1. The number of rotatable bonds is 7. The van der Waals surface area contributed by atoms with E-state index in [0.29, 0.717) is 12.4 Å². The van der Waals surface area contributed by atoms with Crippen LogP contribution in [-0.2, 0) is 9.53 Å². The summed E-state index contributed by atoms with van der Waals surface area (Å²) in [4.78, 5) is 21.8. The van der Waals surface area contributed by atoms with Crippen LogP contribution in [0.5, 0.6) is 0 Å². The summed E-state index contributed by atoms with van der Waals surface area (Å²) in [7, 11) is 0. The zero-order valence-corrected chi connectivity index (χ0v) is 9.80. The van der Waals surface area contributed by atoms with E-state index in [2.05, 4.69) is 5.32 Å². The molecule has 88 valence electrons. The second kappa shape index (κ2) is 8.40. The van der Waals surface area contributed by atoms with Gasteiger partial charge in [-0.25, -0.2) is 9.59 Å². The summed E-state index contributed by atoms with van der Waals surface area (Å²) < 4.78 is 4.79. The maximum absolute atomic E-state index is 11.1. The minimum atomic E-state index is -1.04. The first-order chi connectivity index (χ1) is 7.11. The van der Waals surface area contributed by atoms with E-state index in [-0.39, 0.29) is 0 Å². The van der Waals surface area contributed by atoms with Gasteiger partial charge in [0.05, 0.1) is 6.61 Å². The predicted molar refractivity (Wildman–Crippen MR) is 59.2 cm³/mol. The van der Waals surface area contributed by atoms with Crippen LogP contribution in [0.1, 0.15) is 19.8 Å². The van der Waals surface area contributed by atoms with Gasteiger partial charge in [-0.3, -0.25) is 0 Å². The number of hydrogen-bond donors (Lipinski definition) is 2. The Morgan fingerprint density at radius 2 is 2.20 bits per heavy atom. The fourth-order valence-electron chi connectivity index (χ4n) is 0.834. The molecule has 0 aromatic rings. The number of hydrogen-bond acceptors (Lipinski definition) is 4. The molecule has 0 radical (unpaired) electrons. The molecule has 6 heteroatoms. The molecule has 15 heavy (non-hydrogen) atoms. The van der Waals surface area contributed by atoms with Crippen molar-refractivity contribution in [2.24, 2.45) is 0 Å². The highest BCUT2D eigenvalue weighted by Gasteiger charge is 2.19. The lowest BCUT2D eigenvalue weighted by Gasteiger charge is -2.12. The molecule has 0 aliphatic carbocycles. The van der Waals surface area contributed by atoms with E-state index in [1.54, 1.807) is 6.26 Å². The van der Waals surface area contributed by atoms with Crippen molar-refractivity contribution in [3.05, 3.63) is 0 Å². The van der Waals surface area contributed by atoms with Crippen LogP contribution < -0.4 is 5.32 Å². The molecule has 0 heterocycles. The number of alkyl carbamates (subject to hydrolysis) is 1. The molecule has 0 aromatic heterocycles. The first kappa shape index (κ1) is 14.1. The molecule has 2 N–H and O–H groups in total. The van der Waals surface area contributed by atoms with E-state index < -0.39 is 18.1 Å². The third kappa shape index (κ3) is 7.07. The monoisotopic (exact) mass is 235 g/mol. The number of carbonyl (C=O) groups excluding carboxylic acids is 1. The van der Waals surface area contributed by atoms with Gasteiger partial charge in [0.15, 0.2) is 0 Å². The van der Waals surface area contributed by atoms with E-state index >= 15 is 0 Å². The van der Waals surface area contributed by atoms with Gasteiger partial charge in [-0.2, -0.15) is 11.8 Å². The number of thioether (sulfide) groups is 1. The van der Waals surface area contributed by atoms with Crippen LogP contribution in [-0.4, -0.2) is 41.8 Å². The molecule has 0 bridgehead atoms. The smallest absolute Gasteiger partial charge is 0.407 e. The molecule has 1 atom stereocenters. The summed E-state index contributed by atoms with van der Waals surface area (Å²) in [6.45, 7) is 2.31. The van der Waals surface area contributed by atoms with Gasteiger partial charge in [0.1, 0.15) is 6.04 Å². The molecule has 5 nitrogen and oxygen atoms in total. The first-order valence-corrected chi connectivity index (χ1v) is 6.16. The quantitative estimate of drug-likeness (QED) is 0.651. The molecule has 0 saturated carbocycles. The zero-order chi connectivity index (χ0) is 11.7. The highest BCUT2D eigenvalue weighted by atomic mass is 32.2.